The van der Waals surface area contributed by atoms with Crippen molar-refractivity contribution >= 4 is 21.8 Å². The fraction of sp³-hybridized carbons (Fsp3) is 0.562. The molecule has 0 spiro atoms. The molecule has 0 radical (unpaired) electrons. The van der Waals surface area contributed by atoms with Crippen LogP contribution in [0.25, 0.3) is 0 Å². The SMILES string of the molecule is COc1ccc(Br)cc1CCC(=O)N1CC[C@H](N)C[C@H]1C. The molecule has 1 aliphatic heterocycles. The summed E-state index contributed by atoms with van der Waals surface area (Å²) in [6.07, 6.45) is 2.99. The summed E-state index contributed by atoms with van der Waals surface area (Å²) in [6.45, 7) is 2.85. The highest BCUT2D eigenvalue weighted by Gasteiger charge is 2.26. The molecule has 1 saturated heterocycles. The number of nitrogens with two attached hydrogens (primary N) is 1. The number of amides is 1. The van der Waals surface area contributed by atoms with E-state index >= 15 is 0 Å². The maximum atomic E-state index is 12.4. The molecule has 1 aromatic carbocycles. The third-order valence-corrected chi connectivity index (χ3v) is 4.58. The third kappa shape index (κ3) is 4.20. The second kappa shape index (κ2) is 7.27. The van der Waals surface area contributed by atoms with Crippen LogP contribution >= 0.6 is 15.9 Å². The minimum Gasteiger partial charge on any atom is -0.496 e. The largest absolute Gasteiger partial charge is 0.496 e. The van der Waals surface area contributed by atoms with E-state index in [2.05, 4.69) is 22.9 Å². The van der Waals surface area contributed by atoms with Gasteiger partial charge in [0, 0.05) is 29.5 Å². The smallest absolute Gasteiger partial charge is 0.223 e. The molecule has 2 atom stereocenters. The van der Waals surface area contributed by atoms with Crippen LogP contribution in [-0.2, 0) is 11.2 Å². The van der Waals surface area contributed by atoms with Gasteiger partial charge in [-0.25, -0.2) is 0 Å². The van der Waals surface area contributed by atoms with Crippen LogP contribution in [0.3, 0.4) is 0 Å². The minimum atomic E-state index is 0.205. The number of rotatable bonds is 4. The highest BCUT2D eigenvalue weighted by molar-refractivity contribution is 9.10. The lowest BCUT2D eigenvalue weighted by atomic mass is 9.98. The van der Waals surface area contributed by atoms with E-state index in [-0.39, 0.29) is 18.0 Å². The summed E-state index contributed by atoms with van der Waals surface area (Å²) in [5.74, 6) is 1.04. The molecule has 2 rings (SSSR count). The number of carbonyl (C=O) groups is 1. The van der Waals surface area contributed by atoms with Crippen molar-refractivity contribution in [2.75, 3.05) is 13.7 Å². The summed E-state index contributed by atoms with van der Waals surface area (Å²) in [7, 11) is 1.66. The first-order valence-electron chi connectivity index (χ1n) is 7.38. The van der Waals surface area contributed by atoms with Crippen LogP contribution in [0.15, 0.2) is 22.7 Å². The van der Waals surface area contributed by atoms with Gasteiger partial charge in [-0.15, -0.1) is 0 Å². The van der Waals surface area contributed by atoms with Crippen molar-refractivity contribution in [2.24, 2.45) is 5.73 Å². The zero-order valence-corrected chi connectivity index (χ0v) is 14.2. The molecule has 1 heterocycles. The molecular weight excluding hydrogens is 332 g/mol. The quantitative estimate of drug-likeness (QED) is 0.904. The van der Waals surface area contributed by atoms with Crippen LogP contribution in [0.1, 0.15) is 31.7 Å². The average molecular weight is 355 g/mol. The molecule has 1 aromatic rings. The number of ether oxygens (including phenoxy) is 1. The molecule has 1 aliphatic rings. The Kier molecular flexibility index (Phi) is 5.65. The van der Waals surface area contributed by atoms with Gasteiger partial charge in [0.15, 0.2) is 0 Å². The van der Waals surface area contributed by atoms with Crippen LogP contribution < -0.4 is 10.5 Å². The van der Waals surface area contributed by atoms with Crippen molar-refractivity contribution in [1.82, 2.24) is 4.90 Å². The van der Waals surface area contributed by atoms with Crippen molar-refractivity contribution in [2.45, 2.75) is 44.7 Å². The van der Waals surface area contributed by atoms with Crippen molar-refractivity contribution < 1.29 is 9.53 Å². The van der Waals surface area contributed by atoms with Gasteiger partial charge in [0.05, 0.1) is 7.11 Å². The summed E-state index contributed by atoms with van der Waals surface area (Å²) in [5.41, 5.74) is 7.00. The Morgan fingerprint density at radius 3 is 2.95 bits per heavy atom. The molecule has 0 aliphatic carbocycles. The molecule has 1 amide bonds. The normalized spacial score (nSPS) is 22.2. The Bertz CT molecular complexity index is 507. The zero-order valence-electron chi connectivity index (χ0n) is 12.6. The van der Waals surface area contributed by atoms with Crippen molar-refractivity contribution in [3.05, 3.63) is 28.2 Å². The van der Waals surface area contributed by atoms with E-state index in [1.807, 2.05) is 23.1 Å². The van der Waals surface area contributed by atoms with E-state index in [1.54, 1.807) is 7.11 Å². The van der Waals surface area contributed by atoms with E-state index in [9.17, 15) is 4.79 Å². The van der Waals surface area contributed by atoms with Gasteiger partial charge in [-0.05, 0) is 49.9 Å². The lowest BCUT2D eigenvalue weighted by Gasteiger charge is -2.36. The monoisotopic (exact) mass is 354 g/mol. The van der Waals surface area contributed by atoms with Crippen LogP contribution in [0.4, 0.5) is 0 Å². The molecule has 21 heavy (non-hydrogen) atoms. The van der Waals surface area contributed by atoms with E-state index in [0.717, 1.165) is 35.2 Å². The highest BCUT2D eigenvalue weighted by atomic mass is 79.9. The molecule has 0 saturated carbocycles. The van der Waals surface area contributed by atoms with Crippen molar-refractivity contribution in [3.63, 3.8) is 0 Å². The third-order valence-electron chi connectivity index (χ3n) is 4.09. The van der Waals surface area contributed by atoms with Gasteiger partial charge in [0.2, 0.25) is 5.91 Å². The fourth-order valence-electron chi connectivity index (χ4n) is 2.91. The Balaban J connectivity index is 1.96. The first-order valence-corrected chi connectivity index (χ1v) is 8.18. The van der Waals surface area contributed by atoms with Gasteiger partial charge in [-0.2, -0.15) is 0 Å². The number of hydrogen-bond acceptors (Lipinski definition) is 3. The van der Waals surface area contributed by atoms with Crippen molar-refractivity contribution in [1.29, 1.82) is 0 Å². The first kappa shape index (κ1) is 16.3. The van der Waals surface area contributed by atoms with E-state index in [1.165, 1.54) is 0 Å². The predicted octanol–water partition coefficient (Wildman–Crippen LogP) is 2.73. The maximum absolute atomic E-state index is 12.4. The van der Waals surface area contributed by atoms with Crippen LogP contribution in [0.5, 0.6) is 5.75 Å². The molecule has 116 valence electrons. The number of aryl methyl sites for hydroxylation is 1. The van der Waals surface area contributed by atoms with E-state index < -0.39 is 0 Å². The molecule has 1 fully saturated rings. The molecular formula is C16H23BrN2O2. The molecule has 5 heteroatoms. The summed E-state index contributed by atoms with van der Waals surface area (Å²) >= 11 is 3.46. The van der Waals surface area contributed by atoms with Crippen LogP contribution in [0, 0.1) is 0 Å². The van der Waals surface area contributed by atoms with Crippen LogP contribution in [0.2, 0.25) is 0 Å². The topological polar surface area (TPSA) is 55.6 Å². The number of halogens is 1. The highest BCUT2D eigenvalue weighted by Crippen LogP contribution is 2.25. The lowest BCUT2D eigenvalue weighted by Crippen LogP contribution is -2.48. The molecule has 0 unspecified atom stereocenters. The van der Waals surface area contributed by atoms with E-state index in [4.69, 9.17) is 10.5 Å². The zero-order chi connectivity index (χ0) is 15.4. The summed E-state index contributed by atoms with van der Waals surface area (Å²) in [4.78, 5) is 14.4. The molecule has 4 nitrogen and oxygen atoms in total. The van der Waals surface area contributed by atoms with Gasteiger partial charge in [-0.3, -0.25) is 4.79 Å². The average Bonchev–Trinajstić information content (AvgIpc) is 2.45. The number of piperidine rings is 1. The van der Waals surface area contributed by atoms with Gasteiger partial charge >= 0.3 is 0 Å². The Hall–Kier alpha value is -1.07. The number of likely N-dealkylation sites (tertiary alicyclic amines) is 1. The number of carbonyl (C=O) groups excluding carboxylic acids is 1. The number of methoxy groups -OCH3 is 1. The van der Waals surface area contributed by atoms with Gasteiger partial charge in [0.1, 0.15) is 5.75 Å². The summed E-state index contributed by atoms with van der Waals surface area (Å²) < 4.78 is 6.35. The van der Waals surface area contributed by atoms with Crippen molar-refractivity contribution in [3.8, 4) is 5.75 Å². The number of hydrogen-bond donors (Lipinski definition) is 1. The van der Waals surface area contributed by atoms with Gasteiger partial charge in [0.25, 0.3) is 0 Å². The number of benzene rings is 1. The van der Waals surface area contributed by atoms with Gasteiger partial charge in [-0.1, -0.05) is 15.9 Å². The predicted molar refractivity (Wildman–Crippen MR) is 87.4 cm³/mol. The van der Waals surface area contributed by atoms with Gasteiger partial charge < -0.3 is 15.4 Å². The summed E-state index contributed by atoms with van der Waals surface area (Å²) in [6, 6.07) is 6.35. The second-order valence-corrected chi connectivity index (χ2v) is 6.59. The van der Waals surface area contributed by atoms with Crippen LogP contribution in [-0.4, -0.2) is 36.5 Å². The van der Waals surface area contributed by atoms with E-state index in [0.29, 0.717) is 12.8 Å². The first-order chi connectivity index (χ1) is 10.0. The minimum absolute atomic E-state index is 0.205. The maximum Gasteiger partial charge on any atom is 0.223 e. The molecule has 2 N–H and O–H groups in total. The standard InChI is InChI=1S/C16H23BrN2O2/c1-11-9-14(18)7-8-19(11)16(20)6-3-12-10-13(17)4-5-15(12)21-2/h4-5,10-11,14H,3,6-9,18H2,1-2H3/t11-,14+/m1/s1. The number of nitrogens with zero attached hydrogens (tertiary/aromatic N) is 1. The Morgan fingerprint density at radius 1 is 1.52 bits per heavy atom. The molecule has 0 aromatic heterocycles. The lowest BCUT2D eigenvalue weighted by molar-refractivity contribution is -0.134. The fourth-order valence-corrected chi connectivity index (χ4v) is 3.32. The Labute approximate surface area is 134 Å². The molecule has 0 bridgehead atoms. The second-order valence-electron chi connectivity index (χ2n) is 5.68. The Morgan fingerprint density at radius 2 is 2.29 bits per heavy atom. The summed E-state index contributed by atoms with van der Waals surface area (Å²) in [5, 5.41) is 0.